The first-order chi connectivity index (χ1) is 8.08. The van der Waals surface area contributed by atoms with Crippen LogP contribution >= 0.6 is 28.3 Å². The van der Waals surface area contributed by atoms with E-state index in [0.29, 0.717) is 5.56 Å². The normalized spacial score (nSPS) is 17.3. The minimum absolute atomic E-state index is 0. The summed E-state index contributed by atoms with van der Waals surface area (Å²) in [5.41, 5.74) is 1.73. The predicted molar refractivity (Wildman–Crippen MR) is 77.3 cm³/mol. The molecule has 3 nitrogen and oxygen atoms in total. The molecule has 1 unspecified atom stereocenters. The maximum absolute atomic E-state index is 11.7. The fourth-order valence-corrected chi connectivity index (χ4v) is 2.41. The summed E-state index contributed by atoms with van der Waals surface area (Å²) in [4.78, 5) is 13.8. The number of nitrogens with zero attached hydrogens (tertiary/aromatic N) is 1. The highest BCUT2D eigenvalue weighted by atomic mass is 79.9. The van der Waals surface area contributed by atoms with Crippen molar-refractivity contribution in [1.29, 1.82) is 0 Å². The van der Waals surface area contributed by atoms with Crippen LogP contribution in [0.4, 0.5) is 0 Å². The summed E-state index contributed by atoms with van der Waals surface area (Å²) in [6.45, 7) is 1.01. The second-order valence-electron chi connectivity index (χ2n) is 4.57. The maximum Gasteiger partial charge on any atom is 0.339 e. The van der Waals surface area contributed by atoms with Crippen LogP contribution in [-0.4, -0.2) is 31.5 Å². The Balaban J connectivity index is 0.00000162. The van der Waals surface area contributed by atoms with Gasteiger partial charge in [0.1, 0.15) is 6.10 Å². The van der Waals surface area contributed by atoms with Crippen molar-refractivity contribution in [3.8, 4) is 0 Å². The molecule has 0 amide bonds. The van der Waals surface area contributed by atoms with Crippen LogP contribution in [0.15, 0.2) is 22.7 Å². The van der Waals surface area contributed by atoms with E-state index in [4.69, 9.17) is 4.74 Å². The number of hydrogen-bond donors (Lipinski definition) is 0. The Bertz CT molecular complexity index is 437. The number of hydrogen-bond acceptors (Lipinski definition) is 3. The van der Waals surface area contributed by atoms with E-state index in [9.17, 15) is 4.79 Å². The van der Waals surface area contributed by atoms with Crippen LogP contribution in [0.25, 0.3) is 0 Å². The van der Waals surface area contributed by atoms with Crippen LogP contribution in [0.2, 0.25) is 0 Å². The van der Waals surface area contributed by atoms with Crippen molar-refractivity contribution in [1.82, 2.24) is 4.90 Å². The van der Waals surface area contributed by atoms with Crippen LogP contribution in [-0.2, 0) is 4.74 Å². The number of carbonyl (C=O) groups excluding carboxylic acids is 1. The summed E-state index contributed by atoms with van der Waals surface area (Å²) in [6, 6.07) is 5.77. The van der Waals surface area contributed by atoms with Crippen molar-refractivity contribution < 1.29 is 9.53 Å². The lowest BCUT2D eigenvalue weighted by Gasteiger charge is -2.13. The van der Waals surface area contributed by atoms with Crippen LogP contribution in [0.3, 0.4) is 0 Å². The van der Waals surface area contributed by atoms with Gasteiger partial charge in [-0.3, -0.25) is 0 Å². The molecule has 0 aliphatic carbocycles. The van der Waals surface area contributed by atoms with Gasteiger partial charge in [-0.2, -0.15) is 0 Å². The number of esters is 1. The van der Waals surface area contributed by atoms with E-state index in [2.05, 4.69) is 20.8 Å². The zero-order valence-electron chi connectivity index (χ0n) is 10.5. The van der Waals surface area contributed by atoms with Crippen molar-refractivity contribution in [2.45, 2.75) is 18.9 Å². The van der Waals surface area contributed by atoms with Gasteiger partial charge >= 0.3 is 5.97 Å². The van der Waals surface area contributed by atoms with Gasteiger partial charge in [-0.05, 0) is 45.6 Å². The first-order valence-electron chi connectivity index (χ1n) is 5.73. The fraction of sp³-hybridized carbons (Fsp3) is 0.462. The van der Waals surface area contributed by atoms with Crippen LogP contribution < -0.4 is 0 Å². The second kappa shape index (κ2) is 6.55. The molecule has 1 aromatic carbocycles. The van der Waals surface area contributed by atoms with E-state index in [1.54, 1.807) is 0 Å². The van der Waals surface area contributed by atoms with E-state index in [1.165, 1.54) is 0 Å². The maximum atomic E-state index is 11.7. The predicted octanol–water partition coefficient (Wildman–Crippen LogP) is 3.42. The summed E-state index contributed by atoms with van der Waals surface area (Å²) in [5, 5.41) is 0. The number of benzene rings is 1. The molecule has 100 valence electrons. The molecule has 0 fully saturated rings. The Morgan fingerprint density at radius 2 is 2.11 bits per heavy atom. The van der Waals surface area contributed by atoms with Crippen LogP contribution in [0.5, 0.6) is 0 Å². The standard InChI is InChI=1S/C13H16BrNO2.ClH/c1-15(2)7-3-4-12-10-6-5-9(14)8-11(10)13(16)17-12;/h5-6,8,12H,3-4,7H2,1-2H3;1H. The molecule has 0 aromatic heterocycles. The average Bonchev–Trinajstić information content (AvgIpc) is 2.55. The van der Waals surface area contributed by atoms with Gasteiger partial charge in [0, 0.05) is 10.0 Å². The average molecular weight is 335 g/mol. The highest BCUT2D eigenvalue weighted by Gasteiger charge is 2.30. The first-order valence-corrected chi connectivity index (χ1v) is 6.52. The van der Waals surface area contributed by atoms with Gasteiger partial charge in [0.25, 0.3) is 0 Å². The van der Waals surface area contributed by atoms with Gasteiger partial charge in [-0.15, -0.1) is 12.4 Å². The quantitative estimate of drug-likeness (QED) is 0.790. The number of carbonyl (C=O) groups is 1. The number of rotatable bonds is 4. The third kappa shape index (κ3) is 3.46. The summed E-state index contributed by atoms with van der Waals surface area (Å²) in [6.07, 6.45) is 1.85. The molecular weight excluding hydrogens is 318 g/mol. The van der Waals surface area contributed by atoms with Crippen LogP contribution in [0.1, 0.15) is 34.9 Å². The van der Waals surface area contributed by atoms with E-state index in [0.717, 1.165) is 29.4 Å². The molecule has 1 aliphatic heterocycles. The van der Waals surface area contributed by atoms with Crippen molar-refractivity contribution in [2.75, 3.05) is 20.6 Å². The summed E-state index contributed by atoms with van der Waals surface area (Å²) in [7, 11) is 4.09. The number of ether oxygens (including phenoxy) is 1. The van der Waals surface area contributed by atoms with E-state index < -0.39 is 0 Å². The number of cyclic esters (lactones) is 1. The fourth-order valence-electron chi connectivity index (χ4n) is 2.05. The molecule has 0 saturated heterocycles. The van der Waals surface area contributed by atoms with Gasteiger partial charge in [0.15, 0.2) is 0 Å². The van der Waals surface area contributed by atoms with Crippen LogP contribution in [0, 0.1) is 0 Å². The van der Waals surface area contributed by atoms with Crippen molar-refractivity contribution in [3.63, 3.8) is 0 Å². The summed E-state index contributed by atoms with van der Waals surface area (Å²) >= 11 is 3.37. The molecule has 0 N–H and O–H groups in total. The SMILES string of the molecule is CN(C)CCCC1OC(=O)c2cc(Br)ccc21.Cl. The zero-order chi connectivity index (χ0) is 12.4. The number of halogens is 2. The topological polar surface area (TPSA) is 29.5 Å². The summed E-state index contributed by atoms with van der Waals surface area (Å²) < 4.78 is 6.31. The molecule has 1 heterocycles. The van der Waals surface area contributed by atoms with Gasteiger partial charge in [0.05, 0.1) is 5.56 Å². The highest BCUT2D eigenvalue weighted by Crippen LogP contribution is 2.35. The molecule has 5 heteroatoms. The smallest absolute Gasteiger partial charge is 0.339 e. The summed E-state index contributed by atoms with van der Waals surface area (Å²) in [5.74, 6) is -0.198. The minimum atomic E-state index is -0.198. The highest BCUT2D eigenvalue weighted by molar-refractivity contribution is 9.10. The lowest BCUT2D eigenvalue weighted by atomic mass is 10.0. The third-order valence-electron chi connectivity index (χ3n) is 2.90. The molecule has 18 heavy (non-hydrogen) atoms. The monoisotopic (exact) mass is 333 g/mol. The van der Waals surface area contributed by atoms with Gasteiger partial charge in [-0.1, -0.05) is 22.0 Å². The lowest BCUT2D eigenvalue weighted by Crippen LogP contribution is -2.14. The Kier molecular flexibility index (Phi) is 5.63. The Morgan fingerprint density at radius 1 is 1.39 bits per heavy atom. The zero-order valence-corrected chi connectivity index (χ0v) is 12.9. The van der Waals surface area contributed by atoms with E-state index >= 15 is 0 Å². The Hall–Kier alpha value is -0.580. The Morgan fingerprint density at radius 3 is 2.78 bits per heavy atom. The largest absolute Gasteiger partial charge is 0.454 e. The number of fused-ring (bicyclic) bond motifs is 1. The second-order valence-corrected chi connectivity index (χ2v) is 5.49. The molecule has 0 saturated carbocycles. The molecule has 2 rings (SSSR count). The Labute approximate surface area is 122 Å². The van der Waals surface area contributed by atoms with Crippen molar-refractivity contribution >= 4 is 34.3 Å². The molecule has 0 radical (unpaired) electrons. The van der Waals surface area contributed by atoms with Gasteiger partial charge in [0.2, 0.25) is 0 Å². The van der Waals surface area contributed by atoms with E-state index in [-0.39, 0.29) is 24.5 Å². The van der Waals surface area contributed by atoms with Crippen molar-refractivity contribution in [3.05, 3.63) is 33.8 Å². The molecule has 0 spiro atoms. The minimum Gasteiger partial charge on any atom is -0.454 e. The first kappa shape index (κ1) is 15.5. The van der Waals surface area contributed by atoms with Gasteiger partial charge in [-0.25, -0.2) is 4.79 Å². The lowest BCUT2D eigenvalue weighted by molar-refractivity contribution is 0.0361. The third-order valence-corrected chi connectivity index (χ3v) is 3.40. The molecule has 0 bridgehead atoms. The van der Waals surface area contributed by atoms with E-state index in [1.807, 2.05) is 32.3 Å². The van der Waals surface area contributed by atoms with Crippen molar-refractivity contribution in [2.24, 2.45) is 0 Å². The molecule has 1 atom stereocenters. The van der Waals surface area contributed by atoms with Gasteiger partial charge < -0.3 is 9.64 Å². The molecule has 1 aliphatic rings. The molecular formula is C13H17BrClNO2. The molecule has 1 aromatic rings.